The summed E-state index contributed by atoms with van der Waals surface area (Å²) in [6, 6.07) is 15.6. The summed E-state index contributed by atoms with van der Waals surface area (Å²) < 4.78 is 13.5. The van der Waals surface area contributed by atoms with Gasteiger partial charge in [0.2, 0.25) is 5.91 Å². The number of aromatic amines is 1. The largest absolute Gasteiger partial charge is 0.355 e. The quantitative estimate of drug-likeness (QED) is 0.195. The third-order valence-corrected chi connectivity index (χ3v) is 7.55. The zero-order valence-electron chi connectivity index (χ0n) is 25.6. The van der Waals surface area contributed by atoms with E-state index in [0.29, 0.717) is 39.2 Å². The summed E-state index contributed by atoms with van der Waals surface area (Å²) in [6.45, 7) is 7.47. The zero-order valence-corrected chi connectivity index (χ0v) is 25.6. The monoisotopic (exact) mass is 597 g/mol. The van der Waals surface area contributed by atoms with Gasteiger partial charge in [-0.05, 0) is 86.0 Å². The highest BCUT2D eigenvalue weighted by Gasteiger charge is 2.21. The number of hydrogen-bond acceptors (Lipinski definition) is 6. The molecule has 4 N–H and O–H groups in total. The Balaban J connectivity index is 1.89. The lowest BCUT2D eigenvalue weighted by Gasteiger charge is -2.17. The van der Waals surface area contributed by atoms with Crippen LogP contribution in [0.25, 0.3) is 11.3 Å². The first-order chi connectivity index (χ1) is 20.9. The number of ketones is 1. The molecule has 1 aromatic heterocycles. The van der Waals surface area contributed by atoms with Crippen LogP contribution in [0.15, 0.2) is 65.5 Å². The van der Waals surface area contributed by atoms with Gasteiger partial charge in [0.1, 0.15) is 5.82 Å². The van der Waals surface area contributed by atoms with Crippen LogP contribution in [0, 0.1) is 12.7 Å². The third kappa shape index (κ3) is 6.98. The molecule has 0 aliphatic rings. The fourth-order valence-corrected chi connectivity index (χ4v) is 4.81. The van der Waals surface area contributed by atoms with Crippen molar-refractivity contribution in [1.29, 1.82) is 0 Å². The summed E-state index contributed by atoms with van der Waals surface area (Å²) in [5.74, 6) is -1.49. The number of H-pyrrole nitrogens is 1. The highest BCUT2D eigenvalue weighted by Crippen LogP contribution is 2.29. The van der Waals surface area contributed by atoms with Crippen LogP contribution in [0.2, 0.25) is 0 Å². The third-order valence-electron chi connectivity index (χ3n) is 7.55. The number of benzene rings is 3. The maximum atomic E-state index is 13.5. The van der Waals surface area contributed by atoms with Gasteiger partial charge >= 0.3 is 0 Å². The van der Waals surface area contributed by atoms with Crippen molar-refractivity contribution in [2.45, 2.75) is 46.1 Å². The molecule has 0 aliphatic carbocycles. The minimum absolute atomic E-state index is 0.0853. The van der Waals surface area contributed by atoms with Crippen molar-refractivity contribution in [3.63, 3.8) is 0 Å². The molecule has 1 heterocycles. The first-order valence-electron chi connectivity index (χ1n) is 14.3. The summed E-state index contributed by atoms with van der Waals surface area (Å²) >= 11 is 0. The molecule has 0 aliphatic heterocycles. The van der Waals surface area contributed by atoms with E-state index in [1.165, 1.54) is 24.3 Å². The maximum absolute atomic E-state index is 13.5. The van der Waals surface area contributed by atoms with Crippen molar-refractivity contribution in [2.75, 3.05) is 19.4 Å². The van der Waals surface area contributed by atoms with Crippen molar-refractivity contribution >= 4 is 23.4 Å². The zero-order chi connectivity index (χ0) is 32.1. The van der Waals surface area contributed by atoms with Crippen molar-refractivity contribution in [3.8, 4) is 11.3 Å². The highest BCUT2D eigenvalue weighted by atomic mass is 19.1. The van der Waals surface area contributed by atoms with E-state index in [2.05, 4.69) is 25.9 Å². The van der Waals surface area contributed by atoms with E-state index in [1.807, 2.05) is 26.0 Å². The van der Waals surface area contributed by atoms with Crippen LogP contribution in [0.3, 0.4) is 0 Å². The van der Waals surface area contributed by atoms with Gasteiger partial charge in [0, 0.05) is 35.7 Å². The van der Waals surface area contributed by atoms with E-state index in [1.54, 1.807) is 52.2 Å². The van der Waals surface area contributed by atoms with Crippen LogP contribution < -0.4 is 21.5 Å². The molecule has 4 rings (SSSR count). The Labute approximate surface area is 255 Å². The molecule has 44 heavy (non-hydrogen) atoms. The lowest BCUT2D eigenvalue weighted by atomic mass is 9.91. The highest BCUT2D eigenvalue weighted by molar-refractivity contribution is 6.09. The molecule has 4 aromatic rings. The molecule has 3 aromatic carbocycles. The van der Waals surface area contributed by atoms with Crippen molar-refractivity contribution in [1.82, 2.24) is 20.6 Å². The molecule has 0 fully saturated rings. The molecule has 0 saturated carbocycles. The SMILES string of the molecule is CNC(=O)c1cccc(-c2[nH]c(=O)c(NC(=O)[C@H](C)NC)nc2Cc2cc(C(=O)c3ccc(F)cc3)cc(C(C)C)c2)c1C. The van der Waals surface area contributed by atoms with Gasteiger partial charge < -0.3 is 20.9 Å². The van der Waals surface area contributed by atoms with Crippen molar-refractivity contribution in [2.24, 2.45) is 0 Å². The first kappa shape index (κ1) is 32.0. The summed E-state index contributed by atoms with van der Waals surface area (Å²) in [5, 5.41) is 8.06. The number of rotatable bonds is 10. The number of carbonyl (C=O) groups excluding carboxylic acids is 3. The van der Waals surface area contributed by atoms with Crippen molar-refractivity contribution < 1.29 is 18.8 Å². The first-order valence-corrected chi connectivity index (χ1v) is 14.3. The fourth-order valence-electron chi connectivity index (χ4n) is 4.81. The number of halogens is 1. The van der Waals surface area contributed by atoms with Gasteiger partial charge in [-0.3, -0.25) is 19.2 Å². The van der Waals surface area contributed by atoms with E-state index in [0.717, 1.165) is 11.1 Å². The smallest absolute Gasteiger partial charge is 0.291 e. The second kappa shape index (κ2) is 13.6. The molecule has 0 bridgehead atoms. The van der Waals surface area contributed by atoms with E-state index >= 15 is 0 Å². The summed E-state index contributed by atoms with van der Waals surface area (Å²) in [7, 11) is 3.17. The van der Waals surface area contributed by atoms with Gasteiger partial charge in [0.25, 0.3) is 11.5 Å². The van der Waals surface area contributed by atoms with E-state index in [4.69, 9.17) is 0 Å². The number of nitrogens with zero attached hydrogens (tertiary/aromatic N) is 1. The predicted octanol–water partition coefficient (Wildman–Crippen LogP) is 4.74. The van der Waals surface area contributed by atoms with Gasteiger partial charge in [-0.1, -0.05) is 32.0 Å². The minimum Gasteiger partial charge on any atom is -0.355 e. The average Bonchev–Trinajstić information content (AvgIpc) is 3.01. The average molecular weight is 598 g/mol. The number of anilines is 1. The lowest BCUT2D eigenvalue weighted by Crippen LogP contribution is -2.37. The Morgan fingerprint density at radius 2 is 1.66 bits per heavy atom. The molecule has 2 amide bonds. The molecular weight excluding hydrogens is 561 g/mol. The number of likely N-dealkylation sites (N-methyl/N-ethyl adjacent to an activating group) is 1. The molecule has 10 heteroatoms. The Hall–Kier alpha value is -4.96. The van der Waals surface area contributed by atoms with Crippen molar-refractivity contribution in [3.05, 3.63) is 116 Å². The summed E-state index contributed by atoms with van der Waals surface area (Å²) in [6.07, 6.45) is 0.185. The van der Waals surface area contributed by atoms with Crippen LogP contribution in [0.5, 0.6) is 0 Å². The molecule has 9 nitrogen and oxygen atoms in total. The van der Waals surface area contributed by atoms with E-state index < -0.39 is 23.3 Å². The second-order valence-corrected chi connectivity index (χ2v) is 10.9. The van der Waals surface area contributed by atoms with Crippen LogP contribution in [-0.4, -0.2) is 47.7 Å². The topological polar surface area (TPSA) is 133 Å². The number of amides is 2. The van der Waals surface area contributed by atoms with Gasteiger partial charge in [-0.25, -0.2) is 9.37 Å². The van der Waals surface area contributed by atoms with Gasteiger partial charge in [-0.15, -0.1) is 0 Å². The molecule has 1 atom stereocenters. The molecule has 0 saturated heterocycles. The lowest BCUT2D eigenvalue weighted by molar-refractivity contribution is -0.117. The van der Waals surface area contributed by atoms with Gasteiger partial charge in [-0.2, -0.15) is 0 Å². The predicted molar refractivity (Wildman–Crippen MR) is 169 cm³/mol. The summed E-state index contributed by atoms with van der Waals surface area (Å²) in [4.78, 5) is 59.4. The van der Waals surface area contributed by atoms with E-state index in [9.17, 15) is 23.6 Å². The molecule has 0 spiro atoms. The molecule has 0 unspecified atom stereocenters. The van der Waals surface area contributed by atoms with Crippen LogP contribution in [0.1, 0.15) is 75.4 Å². The second-order valence-electron chi connectivity index (χ2n) is 10.9. The Kier molecular flexibility index (Phi) is 9.85. The number of carbonyl (C=O) groups is 3. The maximum Gasteiger partial charge on any atom is 0.291 e. The Morgan fingerprint density at radius 3 is 2.30 bits per heavy atom. The standard InChI is InChI=1S/C34H36FN5O4/c1-18(2)23-14-21(15-24(17-23)30(41)22-10-12-25(35)13-11-22)16-28-29(26-8-7-9-27(19(26)3)33(43)37-6)39-34(44)31(38-28)40-32(42)20(4)36-5/h7-15,17-18,20,36H,16H2,1-6H3,(H,37,43)(H,39,44)(H,38,40,42)/t20-/m0/s1. The van der Waals surface area contributed by atoms with Gasteiger partial charge in [0.05, 0.1) is 17.4 Å². The number of hydrogen-bond donors (Lipinski definition) is 4. The Morgan fingerprint density at radius 1 is 0.955 bits per heavy atom. The van der Waals surface area contributed by atoms with Crippen LogP contribution in [0.4, 0.5) is 10.2 Å². The number of nitrogens with one attached hydrogen (secondary N) is 4. The summed E-state index contributed by atoms with van der Waals surface area (Å²) in [5.41, 5.74) is 4.30. The van der Waals surface area contributed by atoms with Crippen LogP contribution in [-0.2, 0) is 11.2 Å². The fraction of sp³-hybridized carbons (Fsp3) is 0.265. The Bertz CT molecular complexity index is 1780. The minimum atomic E-state index is -0.603. The molecule has 228 valence electrons. The normalized spacial score (nSPS) is 11.7. The van der Waals surface area contributed by atoms with Crippen LogP contribution >= 0.6 is 0 Å². The molecular formula is C34H36FN5O4. The van der Waals surface area contributed by atoms with E-state index in [-0.39, 0.29) is 29.8 Å². The van der Waals surface area contributed by atoms with Gasteiger partial charge in [0.15, 0.2) is 11.6 Å². The molecule has 0 radical (unpaired) electrons. The number of aromatic nitrogens is 2.